The first-order valence-corrected chi connectivity index (χ1v) is 6.80. The first-order chi connectivity index (χ1) is 8.36. The highest BCUT2D eigenvalue weighted by Gasteiger charge is 2.15. The zero-order chi connectivity index (χ0) is 11.7. The topological polar surface area (TPSA) is 29.0 Å². The Hall–Kier alpha value is -1.16. The Morgan fingerprint density at radius 1 is 1.06 bits per heavy atom. The molecule has 88 valence electrons. The number of hydrogen-bond donors (Lipinski definition) is 0. The molecule has 3 rings (SSSR count). The van der Waals surface area contributed by atoms with Crippen molar-refractivity contribution in [3.8, 4) is 0 Å². The fourth-order valence-electron chi connectivity index (χ4n) is 2.40. The van der Waals surface area contributed by atoms with Crippen molar-refractivity contribution in [1.82, 2.24) is 9.97 Å². The molecule has 0 spiro atoms. The molecular formula is C13H14BrN3. The molecular weight excluding hydrogens is 278 g/mol. The molecule has 1 aromatic heterocycles. The zero-order valence-corrected chi connectivity index (χ0v) is 11.2. The summed E-state index contributed by atoms with van der Waals surface area (Å²) in [6, 6.07) is 6.17. The van der Waals surface area contributed by atoms with E-state index in [1.54, 1.807) is 6.33 Å². The molecule has 0 radical (unpaired) electrons. The van der Waals surface area contributed by atoms with Crippen LogP contribution in [0.1, 0.15) is 19.3 Å². The van der Waals surface area contributed by atoms with E-state index in [1.165, 1.54) is 19.3 Å². The number of para-hydroxylation sites is 1. The lowest BCUT2D eigenvalue weighted by molar-refractivity contribution is 0.574. The summed E-state index contributed by atoms with van der Waals surface area (Å²) >= 11 is 3.55. The summed E-state index contributed by atoms with van der Waals surface area (Å²) < 4.78 is 1.04. The maximum atomic E-state index is 4.47. The third-order valence-corrected chi connectivity index (χ3v) is 3.89. The third kappa shape index (κ3) is 2.02. The molecule has 1 fully saturated rings. The van der Waals surface area contributed by atoms with Crippen LogP contribution in [0.5, 0.6) is 0 Å². The third-order valence-electron chi connectivity index (χ3n) is 3.25. The van der Waals surface area contributed by atoms with Gasteiger partial charge in [0, 0.05) is 22.9 Å². The predicted octanol–water partition coefficient (Wildman–Crippen LogP) is 3.38. The Balaban J connectivity index is 2.12. The van der Waals surface area contributed by atoms with Crippen molar-refractivity contribution in [1.29, 1.82) is 0 Å². The SMILES string of the molecule is Brc1cccc2c(N3CCCCC3)ncnc12. The Morgan fingerprint density at radius 2 is 1.88 bits per heavy atom. The fourth-order valence-corrected chi connectivity index (χ4v) is 2.86. The predicted molar refractivity (Wildman–Crippen MR) is 73.3 cm³/mol. The molecule has 1 aliphatic heterocycles. The number of halogens is 1. The Kier molecular flexibility index (Phi) is 2.97. The minimum atomic E-state index is 1.00. The van der Waals surface area contributed by atoms with Gasteiger partial charge < -0.3 is 4.90 Å². The molecule has 1 saturated heterocycles. The normalized spacial score (nSPS) is 16.4. The van der Waals surface area contributed by atoms with E-state index in [-0.39, 0.29) is 0 Å². The molecule has 0 bridgehead atoms. The van der Waals surface area contributed by atoms with Gasteiger partial charge in [-0.15, -0.1) is 0 Å². The molecule has 4 heteroatoms. The molecule has 2 aromatic rings. The smallest absolute Gasteiger partial charge is 0.139 e. The summed E-state index contributed by atoms with van der Waals surface area (Å²) in [5.41, 5.74) is 1.00. The van der Waals surface area contributed by atoms with Crippen LogP contribution in [0.3, 0.4) is 0 Å². The molecule has 3 nitrogen and oxygen atoms in total. The summed E-state index contributed by atoms with van der Waals surface area (Å²) in [5, 5.41) is 1.14. The van der Waals surface area contributed by atoms with Crippen LogP contribution in [0.15, 0.2) is 29.0 Å². The number of piperidine rings is 1. The molecule has 2 heterocycles. The first-order valence-electron chi connectivity index (χ1n) is 6.00. The highest BCUT2D eigenvalue weighted by atomic mass is 79.9. The van der Waals surface area contributed by atoms with Gasteiger partial charge in [-0.1, -0.05) is 6.07 Å². The minimum Gasteiger partial charge on any atom is -0.356 e. The van der Waals surface area contributed by atoms with Crippen LogP contribution in [0.4, 0.5) is 5.82 Å². The molecule has 0 N–H and O–H groups in total. The summed E-state index contributed by atoms with van der Waals surface area (Å²) in [6.07, 6.45) is 5.53. The van der Waals surface area contributed by atoms with Crippen LogP contribution in [-0.4, -0.2) is 23.1 Å². The second kappa shape index (κ2) is 4.61. The lowest BCUT2D eigenvalue weighted by atomic mass is 10.1. The number of nitrogens with zero attached hydrogens (tertiary/aromatic N) is 3. The fraction of sp³-hybridized carbons (Fsp3) is 0.385. The minimum absolute atomic E-state index is 1.00. The van der Waals surface area contributed by atoms with Crippen molar-refractivity contribution in [2.24, 2.45) is 0 Å². The zero-order valence-electron chi connectivity index (χ0n) is 9.56. The van der Waals surface area contributed by atoms with Gasteiger partial charge in [0.2, 0.25) is 0 Å². The van der Waals surface area contributed by atoms with Crippen LogP contribution >= 0.6 is 15.9 Å². The van der Waals surface area contributed by atoms with E-state index in [9.17, 15) is 0 Å². The standard InChI is InChI=1S/C13H14BrN3/c14-11-6-4-5-10-12(11)15-9-16-13(10)17-7-2-1-3-8-17/h4-6,9H,1-3,7-8H2. The Bertz CT molecular complexity index is 535. The van der Waals surface area contributed by atoms with Crippen molar-refractivity contribution >= 4 is 32.7 Å². The number of fused-ring (bicyclic) bond motifs is 1. The summed E-state index contributed by atoms with van der Waals surface area (Å²) in [6.45, 7) is 2.22. The van der Waals surface area contributed by atoms with E-state index < -0.39 is 0 Å². The van der Waals surface area contributed by atoms with E-state index in [0.29, 0.717) is 0 Å². The van der Waals surface area contributed by atoms with Gasteiger partial charge in [-0.3, -0.25) is 0 Å². The lowest BCUT2D eigenvalue weighted by Crippen LogP contribution is -2.30. The maximum absolute atomic E-state index is 4.47. The van der Waals surface area contributed by atoms with Crippen LogP contribution in [-0.2, 0) is 0 Å². The summed E-state index contributed by atoms with van der Waals surface area (Å²) in [7, 11) is 0. The number of hydrogen-bond acceptors (Lipinski definition) is 3. The van der Waals surface area contributed by atoms with E-state index in [2.05, 4.69) is 36.9 Å². The van der Waals surface area contributed by atoms with Gasteiger partial charge in [0.25, 0.3) is 0 Å². The monoisotopic (exact) mass is 291 g/mol. The van der Waals surface area contributed by atoms with Crippen LogP contribution in [0.25, 0.3) is 10.9 Å². The van der Waals surface area contributed by atoms with Crippen molar-refractivity contribution in [3.63, 3.8) is 0 Å². The van der Waals surface area contributed by atoms with Crippen molar-refractivity contribution in [2.45, 2.75) is 19.3 Å². The van der Waals surface area contributed by atoms with Gasteiger partial charge in [0.05, 0.1) is 5.52 Å². The van der Waals surface area contributed by atoms with Crippen LogP contribution in [0.2, 0.25) is 0 Å². The number of aromatic nitrogens is 2. The highest BCUT2D eigenvalue weighted by molar-refractivity contribution is 9.10. The Labute approximate surface area is 109 Å². The number of rotatable bonds is 1. The molecule has 0 aliphatic carbocycles. The molecule has 0 unspecified atom stereocenters. The second-order valence-corrected chi connectivity index (χ2v) is 5.24. The van der Waals surface area contributed by atoms with E-state index in [4.69, 9.17) is 0 Å². The molecule has 1 aromatic carbocycles. The average Bonchev–Trinajstić information content (AvgIpc) is 2.40. The Morgan fingerprint density at radius 3 is 2.71 bits per heavy atom. The van der Waals surface area contributed by atoms with Gasteiger partial charge >= 0.3 is 0 Å². The lowest BCUT2D eigenvalue weighted by Gasteiger charge is -2.28. The number of benzene rings is 1. The van der Waals surface area contributed by atoms with Crippen molar-refractivity contribution in [3.05, 3.63) is 29.0 Å². The largest absolute Gasteiger partial charge is 0.356 e. The average molecular weight is 292 g/mol. The first kappa shape index (κ1) is 11.0. The van der Waals surface area contributed by atoms with Crippen molar-refractivity contribution in [2.75, 3.05) is 18.0 Å². The van der Waals surface area contributed by atoms with Gasteiger partial charge in [-0.05, 0) is 47.3 Å². The maximum Gasteiger partial charge on any atom is 0.139 e. The quantitative estimate of drug-likeness (QED) is 0.807. The van der Waals surface area contributed by atoms with E-state index >= 15 is 0 Å². The van der Waals surface area contributed by atoms with E-state index in [0.717, 1.165) is 34.3 Å². The van der Waals surface area contributed by atoms with E-state index in [1.807, 2.05) is 12.1 Å². The van der Waals surface area contributed by atoms with Crippen molar-refractivity contribution < 1.29 is 0 Å². The summed E-state index contributed by atoms with van der Waals surface area (Å²) in [5.74, 6) is 1.08. The molecule has 17 heavy (non-hydrogen) atoms. The van der Waals surface area contributed by atoms with Gasteiger partial charge in [0.1, 0.15) is 12.1 Å². The van der Waals surface area contributed by atoms with Gasteiger partial charge in [0.15, 0.2) is 0 Å². The number of anilines is 1. The highest BCUT2D eigenvalue weighted by Crippen LogP contribution is 2.29. The molecule has 0 amide bonds. The second-order valence-electron chi connectivity index (χ2n) is 4.38. The van der Waals surface area contributed by atoms with Gasteiger partial charge in [-0.2, -0.15) is 0 Å². The molecule has 1 aliphatic rings. The van der Waals surface area contributed by atoms with Crippen LogP contribution in [0, 0.1) is 0 Å². The molecule has 0 atom stereocenters. The van der Waals surface area contributed by atoms with Gasteiger partial charge in [-0.25, -0.2) is 9.97 Å². The molecule has 0 saturated carbocycles. The van der Waals surface area contributed by atoms with Crippen LogP contribution < -0.4 is 4.90 Å². The summed E-state index contributed by atoms with van der Waals surface area (Å²) in [4.78, 5) is 11.2.